The molecule has 1 saturated heterocycles. The summed E-state index contributed by atoms with van der Waals surface area (Å²) in [6.07, 6.45) is 1.01. The Morgan fingerprint density at radius 2 is 2.05 bits per heavy atom. The second-order valence-electron chi connectivity index (χ2n) is 4.23. The Labute approximate surface area is 112 Å². The van der Waals surface area contributed by atoms with Gasteiger partial charge in [0, 0.05) is 6.54 Å². The zero-order valence-electron chi connectivity index (χ0n) is 10.4. The summed E-state index contributed by atoms with van der Waals surface area (Å²) >= 11 is 0. The SMILES string of the molecule is C=CCN(CS(=O)(=O)c1ccccc1)C(=O)[C@H]1CO1. The zero-order chi connectivity index (χ0) is 13.9. The first-order valence-electron chi connectivity index (χ1n) is 5.83. The lowest BCUT2D eigenvalue weighted by molar-refractivity contribution is -0.131. The molecule has 1 atom stereocenters. The van der Waals surface area contributed by atoms with Gasteiger partial charge >= 0.3 is 0 Å². The molecule has 5 nitrogen and oxygen atoms in total. The Morgan fingerprint density at radius 1 is 1.42 bits per heavy atom. The number of sulfone groups is 1. The highest BCUT2D eigenvalue weighted by atomic mass is 32.2. The predicted molar refractivity (Wildman–Crippen MR) is 70.1 cm³/mol. The van der Waals surface area contributed by atoms with Gasteiger partial charge in [-0.25, -0.2) is 8.42 Å². The van der Waals surface area contributed by atoms with Crippen molar-refractivity contribution in [2.75, 3.05) is 19.0 Å². The maximum atomic E-state index is 12.2. The predicted octanol–water partition coefficient (Wildman–Crippen LogP) is 0.831. The van der Waals surface area contributed by atoms with Crippen LogP contribution in [0.25, 0.3) is 0 Å². The van der Waals surface area contributed by atoms with Gasteiger partial charge in [0.15, 0.2) is 15.9 Å². The fourth-order valence-electron chi connectivity index (χ4n) is 1.66. The van der Waals surface area contributed by atoms with E-state index >= 15 is 0 Å². The molecule has 1 aromatic rings. The molecule has 2 rings (SSSR count). The summed E-state index contributed by atoms with van der Waals surface area (Å²) < 4.78 is 29.3. The molecule has 1 amide bonds. The van der Waals surface area contributed by atoms with Gasteiger partial charge in [-0.1, -0.05) is 24.3 Å². The molecular weight excluding hydrogens is 266 g/mol. The zero-order valence-corrected chi connectivity index (χ0v) is 11.2. The second kappa shape index (κ2) is 5.54. The number of amides is 1. The summed E-state index contributed by atoms with van der Waals surface area (Å²) in [6, 6.07) is 8.07. The van der Waals surface area contributed by atoms with E-state index in [-0.39, 0.29) is 23.2 Å². The van der Waals surface area contributed by atoms with E-state index in [1.54, 1.807) is 18.2 Å². The van der Waals surface area contributed by atoms with Crippen LogP contribution in [0.1, 0.15) is 0 Å². The number of carbonyl (C=O) groups is 1. The average molecular weight is 281 g/mol. The lowest BCUT2D eigenvalue weighted by Gasteiger charge is -2.20. The molecule has 1 fully saturated rings. The summed E-state index contributed by atoms with van der Waals surface area (Å²) in [4.78, 5) is 13.3. The van der Waals surface area contributed by atoms with E-state index in [0.717, 1.165) is 0 Å². The normalized spacial score (nSPS) is 17.8. The minimum absolute atomic E-state index is 0.185. The molecule has 0 spiro atoms. The molecule has 19 heavy (non-hydrogen) atoms. The summed E-state index contributed by atoms with van der Waals surface area (Å²) in [5.74, 6) is -0.666. The van der Waals surface area contributed by atoms with Gasteiger partial charge in [-0.05, 0) is 12.1 Å². The Bertz CT molecular complexity index is 564. The largest absolute Gasteiger partial charge is 0.363 e. The van der Waals surface area contributed by atoms with Crippen LogP contribution in [0.2, 0.25) is 0 Å². The molecule has 0 radical (unpaired) electrons. The Hall–Kier alpha value is -1.66. The monoisotopic (exact) mass is 281 g/mol. The number of hydrogen-bond donors (Lipinski definition) is 0. The fourth-order valence-corrected chi connectivity index (χ4v) is 3.03. The van der Waals surface area contributed by atoms with Gasteiger partial charge < -0.3 is 9.64 Å². The molecule has 0 saturated carbocycles. The van der Waals surface area contributed by atoms with Gasteiger partial charge in [0.25, 0.3) is 5.91 Å². The van der Waals surface area contributed by atoms with E-state index in [9.17, 15) is 13.2 Å². The molecular formula is C13H15NO4S. The smallest absolute Gasteiger partial charge is 0.255 e. The van der Waals surface area contributed by atoms with Crippen molar-refractivity contribution < 1.29 is 17.9 Å². The number of rotatable bonds is 6. The van der Waals surface area contributed by atoms with Crippen molar-refractivity contribution in [2.45, 2.75) is 11.0 Å². The molecule has 1 aromatic carbocycles. The quantitative estimate of drug-likeness (QED) is 0.572. The number of carbonyl (C=O) groups excluding carboxylic acids is 1. The van der Waals surface area contributed by atoms with Crippen LogP contribution < -0.4 is 0 Å². The first kappa shape index (κ1) is 13.8. The Morgan fingerprint density at radius 3 is 2.58 bits per heavy atom. The van der Waals surface area contributed by atoms with Crippen molar-refractivity contribution in [3.8, 4) is 0 Å². The highest BCUT2D eigenvalue weighted by Crippen LogP contribution is 2.16. The Balaban J connectivity index is 2.16. The molecule has 0 aromatic heterocycles. The molecule has 102 valence electrons. The number of epoxide rings is 1. The van der Waals surface area contributed by atoms with E-state index in [0.29, 0.717) is 6.61 Å². The van der Waals surface area contributed by atoms with Crippen molar-refractivity contribution in [1.82, 2.24) is 4.90 Å². The van der Waals surface area contributed by atoms with Crippen molar-refractivity contribution in [3.05, 3.63) is 43.0 Å². The molecule has 0 bridgehead atoms. The second-order valence-corrected chi connectivity index (χ2v) is 6.19. The van der Waals surface area contributed by atoms with E-state index in [2.05, 4.69) is 6.58 Å². The fraction of sp³-hybridized carbons (Fsp3) is 0.308. The lowest BCUT2D eigenvalue weighted by atomic mass is 10.4. The summed E-state index contributed by atoms with van der Waals surface area (Å²) in [5.41, 5.74) is 0. The van der Waals surface area contributed by atoms with E-state index in [4.69, 9.17) is 4.74 Å². The van der Waals surface area contributed by atoms with Gasteiger partial charge in [-0.3, -0.25) is 4.79 Å². The van der Waals surface area contributed by atoms with E-state index < -0.39 is 15.9 Å². The third-order valence-electron chi connectivity index (χ3n) is 2.70. The van der Waals surface area contributed by atoms with Crippen LogP contribution in [-0.4, -0.2) is 44.4 Å². The first-order valence-corrected chi connectivity index (χ1v) is 7.49. The highest BCUT2D eigenvalue weighted by molar-refractivity contribution is 7.91. The van der Waals surface area contributed by atoms with Crippen molar-refractivity contribution in [2.24, 2.45) is 0 Å². The van der Waals surface area contributed by atoms with Crippen LogP contribution >= 0.6 is 0 Å². The summed E-state index contributed by atoms with van der Waals surface area (Å²) in [7, 11) is -3.53. The Kier molecular flexibility index (Phi) is 4.01. The van der Waals surface area contributed by atoms with Gasteiger partial charge in [-0.15, -0.1) is 6.58 Å². The van der Waals surface area contributed by atoms with Gasteiger partial charge in [0.1, 0.15) is 5.88 Å². The number of hydrogen-bond acceptors (Lipinski definition) is 4. The third kappa shape index (κ3) is 3.42. The summed E-state index contributed by atoms with van der Waals surface area (Å²) in [6.45, 7) is 4.08. The third-order valence-corrected chi connectivity index (χ3v) is 4.34. The molecule has 1 heterocycles. The van der Waals surface area contributed by atoms with Crippen LogP contribution in [-0.2, 0) is 19.4 Å². The van der Waals surface area contributed by atoms with Crippen molar-refractivity contribution in [1.29, 1.82) is 0 Å². The standard InChI is InChI=1S/C13H15NO4S/c1-2-8-14(13(15)12-9-18-12)10-19(16,17)11-6-4-3-5-7-11/h2-7,12H,1,8-10H2/t12-/m1/s1. The maximum absolute atomic E-state index is 12.2. The number of nitrogens with zero attached hydrogens (tertiary/aromatic N) is 1. The highest BCUT2D eigenvalue weighted by Gasteiger charge is 2.36. The molecule has 6 heteroatoms. The minimum Gasteiger partial charge on any atom is -0.363 e. The number of ether oxygens (including phenoxy) is 1. The van der Waals surface area contributed by atoms with Gasteiger partial charge in [0.2, 0.25) is 0 Å². The van der Waals surface area contributed by atoms with Crippen LogP contribution in [0.5, 0.6) is 0 Å². The molecule has 1 aliphatic rings. The van der Waals surface area contributed by atoms with Crippen LogP contribution in [0.15, 0.2) is 47.9 Å². The van der Waals surface area contributed by atoms with Gasteiger partial charge in [0.05, 0.1) is 11.5 Å². The first-order chi connectivity index (χ1) is 9.04. The van der Waals surface area contributed by atoms with Crippen molar-refractivity contribution in [3.63, 3.8) is 0 Å². The van der Waals surface area contributed by atoms with Crippen LogP contribution in [0, 0.1) is 0 Å². The van der Waals surface area contributed by atoms with Gasteiger partial charge in [-0.2, -0.15) is 0 Å². The molecule has 0 N–H and O–H groups in total. The summed E-state index contributed by atoms with van der Waals surface area (Å²) in [5, 5.41) is 0. The number of benzene rings is 1. The molecule has 0 unspecified atom stereocenters. The minimum atomic E-state index is -3.53. The lowest BCUT2D eigenvalue weighted by Crippen LogP contribution is -2.38. The van der Waals surface area contributed by atoms with Crippen LogP contribution in [0.3, 0.4) is 0 Å². The molecule has 0 aliphatic carbocycles. The topological polar surface area (TPSA) is 67.0 Å². The van der Waals surface area contributed by atoms with Crippen LogP contribution in [0.4, 0.5) is 0 Å². The van der Waals surface area contributed by atoms with E-state index in [1.807, 2.05) is 0 Å². The maximum Gasteiger partial charge on any atom is 0.255 e. The van der Waals surface area contributed by atoms with Crippen molar-refractivity contribution >= 4 is 15.7 Å². The molecule has 1 aliphatic heterocycles. The average Bonchev–Trinajstić information content (AvgIpc) is 3.22. The van der Waals surface area contributed by atoms with E-state index in [1.165, 1.54) is 23.1 Å².